The maximum Gasteiger partial charge on any atom is 0.407 e. The summed E-state index contributed by atoms with van der Waals surface area (Å²) in [6, 6.07) is 8.67. The summed E-state index contributed by atoms with van der Waals surface area (Å²) in [5, 5.41) is 2.55. The van der Waals surface area contributed by atoms with E-state index < -0.39 is 23.7 Å². The summed E-state index contributed by atoms with van der Waals surface area (Å²) in [7, 11) is 0. The number of hydrogen-bond acceptors (Lipinski definition) is 4. The zero-order valence-corrected chi connectivity index (χ0v) is 13.0. The molecule has 21 heavy (non-hydrogen) atoms. The number of rotatable bonds is 5. The lowest BCUT2D eigenvalue weighted by Crippen LogP contribution is -2.45. The van der Waals surface area contributed by atoms with Crippen LogP contribution >= 0.6 is 0 Å². The lowest BCUT2D eigenvalue weighted by molar-refractivity contribution is -0.157. The molecular weight excluding hydrogens is 270 g/mol. The van der Waals surface area contributed by atoms with Crippen molar-refractivity contribution in [2.24, 2.45) is 0 Å². The molecule has 0 aliphatic rings. The van der Waals surface area contributed by atoms with Gasteiger partial charge in [-0.25, -0.2) is 9.59 Å². The van der Waals surface area contributed by atoms with E-state index in [2.05, 4.69) is 5.32 Å². The minimum Gasteiger partial charge on any atom is -0.458 e. The van der Waals surface area contributed by atoms with E-state index in [1.807, 2.05) is 30.3 Å². The van der Waals surface area contributed by atoms with E-state index in [-0.39, 0.29) is 6.61 Å². The number of alkyl carbamates (subject to hydrolysis) is 1. The first-order valence-electron chi connectivity index (χ1n) is 7.02. The summed E-state index contributed by atoms with van der Waals surface area (Å²) in [5.41, 5.74) is 0.327. The molecule has 0 saturated carbocycles. The third kappa shape index (κ3) is 6.79. The fourth-order valence-electron chi connectivity index (χ4n) is 1.73. The fraction of sp³-hybridized carbons (Fsp3) is 0.500. The lowest BCUT2D eigenvalue weighted by Gasteiger charge is -2.24. The van der Waals surface area contributed by atoms with Crippen LogP contribution in [0, 0.1) is 0 Å². The van der Waals surface area contributed by atoms with Crippen LogP contribution in [0.5, 0.6) is 0 Å². The second kappa shape index (κ2) is 7.67. The van der Waals surface area contributed by atoms with Crippen LogP contribution in [0.1, 0.15) is 33.3 Å². The number of esters is 1. The van der Waals surface area contributed by atoms with Gasteiger partial charge in [0.1, 0.15) is 11.6 Å². The Kier molecular flexibility index (Phi) is 6.21. The topological polar surface area (TPSA) is 64.6 Å². The van der Waals surface area contributed by atoms with E-state index in [9.17, 15) is 9.59 Å². The maximum absolute atomic E-state index is 12.2. The standard InChI is InChI=1S/C16H23NO4/c1-5-20-15(19)17-13(14(18)21-16(2,3)4)11-12-9-7-6-8-10-12/h6-10,13H,5,11H2,1-4H3,(H,17,19)/t13-/m0/s1. The molecule has 0 radical (unpaired) electrons. The van der Waals surface area contributed by atoms with Gasteiger partial charge in [0, 0.05) is 6.42 Å². The highest BCUT2D eigenvalue weighted by molar-refractivity contribution is 5.81. The zero-order valence-electron chi connectivity index (χ0n) is 13.0. The molecule has 0 aliphatic carbocycles. The molecule has 0 unspecified atom stereocenters. The average molecular weight is 293 g/mol. The third-order valence-corrected chi connectivity index (χ3v) is 2.54. The van der Waals surface area contributed by atoms with E-state index >= 15 is 0 Å². The highest BCUT2D eigenvalue weighted by atomic mass is 16.6. The van der Waals surface area contributed by atoms with Crippen molar-refractivity contribution < 1.29 is 19.1 Å². The highest BCUT2D eigenvalue weighted by Gasteiger charge is 2.27. The van der Waals surface area contributed by atoms with Crippen LogP contribution in [-0.4, -0.2) is 30.3 Å². The molecule has 1 amide bonds. The summed E-state index contributed by atoms with van der Waals surface area (Å²) in [6.07, 6.45) is -0.265. The second-order valence-electron chi connectivity index (χ2n) is 5.64. The zero-order chi connectivity index (χ0) is 15.9. The average Bonchev–Trinajstić information content (AvgIpc) is 2.37. The molecule has 1 atom stereocenters. The molecule has 1 aromatic rings. The van der Waals surface area contributed by atoms with Gasteiger partial charge in [0.2, 0.25) is 0 Å². The summed E-state index contributed by atoms with van der Waals surface area (Å²) in [4.78, 5) is 23.8. The van der Waals surface area contributed by atoms with Gasteiger partial charge >= 0.3 is 12.1 Å². The molecule has 5 nitrogen and oxygen atoms in total. The number of ether oxygens (including phenoxy) is 2. The van der Waals surface area contributed by atoms with Crippen molar-refractivity contribution in [3.63, 3.8) is 0 Å². The van der Waals surface area contributed by atoms with Crippen molar-refractivity contribution >= 4 is 12.1 Å². The van der Waals surface area contributed by atoms with Crippen molar-refractivity contribution in [2.75, 3.05) is 6.61 Å². The highest BCUT2D eigenvalue weighted by Crippen LogP contribution is 2.11. The third-order valence-electron chi connectivity index (χ3n) is 2.54. The van der Waals surface area contributed by atoms with Crippen molar-refractivity contribution in [2.45, 2.75) is 45.8 Å². The minimum absolute atomic E-state index is 0.248. The van der Waals surface area contributed by atoms with Crippen LogP contribution in [0.3, 0.4) is 0 Å². The number of amides is 1. The Morgan fingerprint density at radius 2 is 1.81 bits per heavy atom. The molecule has 0 aliphatic heterocycles. The predicted octanol–water partition coefficient (Wildman–Crippen LogP) is 2.69. The van der Waals surface area contributed by atoms with E-state index in [0.717, 1.165) is 5.56 Å². The van der Waals surface area contributed by atoms with Crippen LogP contribution in [0.2, 0.25) is 0 Å². The van der Waals surface area contributed by atoms with Gasteiger partial charge in [0.05, 0.1) is 6.61 Å². The largest absolute Gasteiger partial charge is 0.458 e. The fourth-order valence-corrected chi connectivity index (χ4v) is 1.73. The van der Waals surface area contributed by atoms with E-state index in [1.165, 1.54) is 0 Å². The Balaban J connectivity index is 2.78. The van der Waals surface area contributed by atoms with Crippen molar-refractivity contribution in [1.82, 2.24) is 5.32 Å². The molecule has 5 heteroatoms. The van der Waals surface area contributed by atoms with Gasteiger partial charge in [-0.15, -0.1) is 0 Å². The van der Waals surface area contributed by atoms with Crippen LogP contribution in [0.25, 0.3) is 0 Å². The quantitative estimate of drug-likeness (QED) is 0.848. The molecule has 0 heterocycles. The van der Waals surface area contributed by atoms with E-state index in [1.54, 1.807) is 27.7 Å². The van der Waals surface area contributed by atoms with Crippen LogP contribution < -0.4 is 5.32 Å². The van der Waals surface area contributed by atoms with Gasteiger partial charge in [-0.2, -0.15) is 0 Å². The number of benzene rings is 1. The van der Waals surface area contributed by atoms with E-state index in [0.29, 0.717) is 6.42 Å². The molecule has 0 bridgehead atoms. The molecule has 0 fully saturated rings. The molecule has 0 saturated heterocycles. The maximum atomic E-state index is 12.2. The van der Waals surface area contributed by atoms with Gasteiger partial charge < -0.3 is 14.8 Å². The van der Waals surface area contributed by atoms with Crippen LogP contribution in [-0.2, 0) is 20.7 Å². The molecular formula is C16H23NO4. The van der Waals surface area contributed by atoms with Crippen LogP contribution in [0.15, 0.2) is 30.3 Å². The van der Waals surface area contributed by atoms with Crippen molar-refractivity contribution in [3.8, 4) is 0 Å². The number of nitrogens with one attached hydrogen (secondary N) is 1. The Morgan fingerprint density at radius 1 is 1.19 bits per heavy atom. The number of carbonyl (C=O) groups is 2. The molecule has 0 spiro atoms. The Morgan fingerprint density at radius 3 is 2.33 bits per heavy atom. The molecule has 1 N–H and O–H groups in total. The molecule has 0 aromatic heterocycles. The predicted molar refractivity (Wildman–Crippen MR) is 79.9 cm³/mol. The van der Waals surface area contributed by atoms with Gasteiger partial charge in [0.25, 0.3) is 0 Å². The molecule has 1 aromatic carbocycles. The summed E-state index contributed by atoms with van der Waals surface area (Å²) in [5.74, 6) is -0.473. The summed E-state index contributed by atoms with van der Waals surface area (Å²) in [6.45, 7) is 7.32. The normalized spacial score (nSPS) is 12.4. The van der Waals surface area contributed by atoms with Gasteiger partial charge in [-0.1, -0.05) is 30.3 Å². The monoisotopic (exact) mass is 293 g/mol. The smallest absolute Gasteiger partial charge is 0.407 e. The van der Waals surface area contributed by atoms with Gasteiger partial charge in [0.15, 0.2) is 0 Å². The molecule has 1 rings (SSSR count). The van der Waals surface area contributed by atoms with Gasteiger partial charge in [-0.3, -0.25) is 0 Å². The second-order valence-corrected chi connectivity index (χ2v) is 5.64. The minimum atomic E-state index is -0.773. The van der Waals surface area contributed by atoms with Gasteiger partial charge in [-0.05, 0) is 33.3 Å². The number of hydrogen-bond donors (Lipinski definition) is 1. The van der Waals surface area contributed by atoms with E-state index in [4.69, 9.17) is 9.47 Å². The Bertz CT molecular complexity index is 465. The molecule has 116 valence electrons. The summed E-state index contributed by atoms with van der Waals surface area (Å²) >= 11 is 0. The Hall–Kier alpha value is -2.04. The first-order chi connectivity index (χ1) is 9.81. The first-order valence-corrected chi connectivity index (χ1v) is 7.02. The van der Waals surface area contributed by atoms with Crippen LogP contribution in [0.4, 0.5) is 4.79 Å². The SMILES string of the molecule is CCOC(=O)N[C@@H](Cc1ccccc1)C(=O)OC(C)(C)C. The lowest BCUT2D eigenvalue weighted by atomic mass is 10.1. The van der Waals surface area contributed by atoms with Crippen molar-refractivity contribution in [1.29, 1.82) is 0 Å². The summed E-state index contributed by atoms with van der Waals surface area (Å²) < 4.78 is 10.2. The Labute approximate surface area is 125 Å². The number of carbonyl (C=O) groups excluding carboxylic acids is 2. The van der Waals surface area contributed by atoms with Crippen molar-refractivity contribution in [3.05, 3.63) is 35.9 Å². The first kappa shape index (κ1) is 17.0.